The van der Waals surface area contributed by atoms with Gasteiger partial charge < -0.3 is 10.2 Å². The predicted molar refractivity (Wildman–Crippen MR) is 161 cm³/mol. The predicted octanol–water partition coefficient (Wildman–Crippen LogP) is 7.95. The summed E-state index contributed by atoms with van der Waals surface area (Å²) in [4.78, 5) is 28.8. The Morgan fingerprint density at radius 3 is 2.26 bits per heavy atom. The van der Waals surface area contributed by atoms with Crippen molar-refractivity contribution in [2.75, 3.05) is 12.3 Å². The molecular formula is C29H30Cl4N2O2S. The summed E-state index contributed by atoms with van der Waals surface area (Å²) in [6.45, 7) is 4.79. The first-order chi connectivity index (χ1) is 18.1. The monoisotopic (exact) mass is 610 g/mol. The highest BCUT2D eigenvalue weighted by atomic mass is 35.5. The summed E-state index contributed by atoms with van der Waals surface area (Å²) < 4.78 is 0. The van der Waals surface area contributed by atoms with Crippen molar-refractivity contribution in [3.63, 3.8) is 0 Å². The average molecular weight is 612 g/mol. The van der Waals surface area contributed by atoms with Crippen molar-refractivity contribution in [1.82, 2.24) is 10.2 Å². The van der Waals surface area contributed by atoms with E-state index in [1.165, 1.54) is 11.8 Å². The van der Waals surface area contributed by atoms with Gasteiger partial charge >= 0.3 is 0 Å². The molecule has 0 heterocycles. The minimum absolute atomic E-state index is 0.160. The number of amides is 2. The van der Waals surface area contributed by atoms with Crippen molar-refractivity contribution < 1.29 is 9.59 Å². The molecular weight excluding hydrogens is 582 g/mol. The van der Waals surface area contributed by atoms with Gasteiger partial charge in [0.05, 0.1) is 15.8 Å². The van der Waals surface area contributed by atoms with Gasteiger partial charge in [0.15, 0.2) is 0 Å². The SMILES string of the molecule is CC(C)CNC(=O)C(Cc1ccccc1)N(Cc1ccc(Cl)c(Cl)c1)C(=O)CSCc1ccc(Cl)cc1Cl. The highest BCUT2D eigenvalue weighted by Crippen LogP contribution is 2.27. The first kappa shape index (κ1) is 30.6. The van der Waals surface area contributed by atoms with Gasteiger partial charge in [-0.2, -0.15) is 0 Å². The van der Waals surface area contributed by atoms with Gasteiger partial charge in [0.1, 0.15) is 6.04 Å². The number of hydrogen-bond acceptors (Lipinski definition) is 3. The number of carbonyl (C=O) groups excluding carboxylic acids is 2. The van der Waals surface area contributed by atoms with Gasteiger partial charge in [-0.3, -0.25) is 9.59 Å². The summed E-state index contributed by atoms with van der Waals surface area (Å²) >= 11 is 26.2. The summed E-state index contributed by atoms with van der Waals surface area (Å²) in [7, 11) is 0. The normalized spacial score (nSPS) is 11.9. The second-order valence-electron chi connectivity index (χ2n) is 9.34. The fourth-order valence-corrected chi connectivity index (χ4v) is 5.57. The van der Waals surface area contributed by atoms with E-state index in [4.69, 9.17) is 46.4 Å². The summed E-state index contributed by atoms with van der Waals surface area (Å²) in [5, 5.41) is 4.96. The summed E-state index contributed by atoms with van der Waals surface area (Å²) in [5.74, 6) is 0.623. The van der Waals surface area contributed by atoms with Gasteiger partial charge in [0.25, 0.3) is 0 Å². The van der Waals surface area contributed by atoms with Crippen LogP contribution in [0.3, 0.4) is 0 Å². The summed E-state index contributed by atoms with van der Waals surface area (Å²) in [6, 6.07) is 19.6. The van der Waals surface area contributed by atoms with Crippen molar-refractivity contribution in [2.24, 2.45) is 5.92 Å². The van der Waals surface area contributed by atoms with Gasteiger partial charge in [-0.25, -0.2) is 0 Å². The lowest BCUT2D eigenvalue weighted by Gasteiger charge is -2.32. The second-order valence-corrected chi connectivity index (χ2v) is 12.0. The molecule has 0 aromatic heterocycles. The van der Waals surface area contributed by atoms with E-state index in [0.717, 1.165) is 16.7 Å². The Balaban J connectivity index is 1.87. The second kappa shape index (κ2) is 15.0. The molecule has 3 rings (SSSR count). The third-order valence-corrected chi connectivity index (χ3v) is 8.08. The molecule has 3 aromatic rings. The lowest BCUT2D eigenvalue weighted by atomic mass is 10.0. The number of hydrogen-bond donors (Lipinski definition) is 1. The largest absolute Gasteiger partial charge is 0.354 e. The Kier molecular flexibility index (Phi) is 12.1. The molecule has 1 atom stereocenters. The van der Waals surface area contributed by atoms with Gasteiger partial charge in [0.2, 0.25) is 11.8 Å². The summed E-state index contributed by atoms with van der Waals surface area (Å²) in [5.41, 5.74) is 2.64. The Bertz CT molecular complexity index is 1240. The van der Waals surface area contributed by atoms with E-state index in [1.54, 1.807) is 29.2 Å². The lowest BCUT2D eigenvalue weighted by Crippen LogP contribution is -2.51. The molecule has 0 fully saturated rings. The number of halogens is 4. The maximum atomic E-state index is 13.7. The van der Waals surface area contributed by atoms with Gasteiger partial charge in [-0.1, -0.05) is 103 Å². The molecule has 0 aliphatic carbocycles. The fourth-order valence-electron chi connectivity index (χ4n) is 3.78. The van der Waals surface area contributed by atoms with Crippen LogP contribution in [0.4, 0.5) is 0 Å². The van der Waals surface area contributed by atoms with Crippen molar-refractivity contribution in [3.8, 4) is 0 Å². The molecule has 0 spiro atoms. The van der Waals surface area contributed by atoms with Crippen LogP contribution in [0.15, 0.2) is 66.7 Å². The number of rotatable bonds is 12. The van der Waals surface area contributed by atoms with Crippen LogP contribution in [-0.4, -0.2) is 35.1 Å². The van der Waals surface area contributed by atoms with Crippen molar-refractivity contribution in [2.45, 2.75) is 38.6 Å². The Morgan fingerprint density at radius 2 is 1.61 bits per heavy atom. The van der Waals surface area contributed by atoms with Crippen LogP contribution in [0, 0.1) is 5.92 Å². The molecule has 9 heteroatoms. The first-order valence-electron chi connectivity index (χ1n) is 12.2. The number of benzene rings is 3. The van der Waals surface area contributed by atoms with Gasteiger partial charge in [0, 0.05) is 35.3 Å². The zero-order valence-electron chi connectivity index (χ0n) is 21.2. The van der Waals surface area contributed by atoms with Crippen molar-refractivity contribution in [1.29, 1.82) is 0 Å². The number of thioether (sulfide) groups is 1. The zero-order chi connectivity index (χ0) is 27.7. The Morgan fingerprint density at radius 1 is 0.868 bits per heavy atom. The van der Waals surface area contributed by atoms with Crippen LogP contribution in [0.25, 0.3) is 0 Å². The molecule has 0 saturated carbocycles. The van der Waals surface area contributed by atoms with E-state index in [-0.39, 0.29) is 30.0 Å². The minimum atomic E-state index is -0.710. The summed E-state index contributed by atoms with van der Waals surface area (Å²) in [6.07, 6.45) is 0.380. The van der Waals surface area contributed by atoms with Crippen LogP contribution in [0.2, 0.25) is 20.1 Å². The third kappa shape index (κ3) is 9.39. The molecule has 38 heavy (non-hydrogen) atoms. The van der Waals surface area contributed by atoms with Crippen LogP contribution in [0.1, 0.15) is 30.5 Å². The molecule has 0 aliphatic rings. The quantitative estimate of drug-likeness (QED) is 0.226. The molecule has 1 unspecified atom stereocenters. The van der Waals surface area contributed by atoms with Crippen LogP contribution >= 0.6 is 58.2 Å². The van der Waals surface area contributed by atoms with Crippen LogP contribution in [0.5, 0.6) is 0 Å². The molecule has 1 N–H and O–H groups in total. The van der Waals surface area contributed by atoms with E-state index in [2.05, 4.69) is 5.32 Å². The lowest BCUT2D eigenvalue weighted by molar-refractivity contribution is -0.139. The van der Waals surface area contributed by atoms with E-state index >= 15 is 0 Å². The molecule has 0 bridgehead atoms. The number of nitrogens with zero attached hydrogens (tertiary/aromatic N) is 1. The molecule has 2 amide bonds. The molecule has 3 aromatic carbocycles. The topological polar surface area (TPSA) is 49.4 Å². The zero-order valence-corrected chi connectivity index (χ0v) is 25.1. The smallest absolute Gasteiger partial charge is 0.243 e. The van der Waals surface area contributed by atoms with Crippen LogP contribution in [-0.2, 0) is 28.3 Å². The van der Waals surface area contributed by atoms with Gasteiger partial charge in [-0.15, -0.1) is 11.8 Å². The molecule has 202 valence electrons. The van der Waals surface area contributed by atoms with E-state index in [0.29, 0.717) is 38.8 Å². The maximum absolute atomic E-state index is 13.7. The standard InChI is InChI=1S/C29H30Cl4N2O2S/c1-19(2)15-34-29(37)27(13-20-6-4-3-5-7-20)35(16-21-8-11-24(31)26(33)12-21)28(36)18-38-17-22-9-10-23(30)14-25(22)32/h3-12,14,19,27H,13,15-18H2,1-2H3,(H,34,37). The number of nitrogens with one attached hydrogen (secondary N) is 1. The van der Waals surface area contributed by atoms with Crippen molar-refractivity contribution in [3.05, 3.63) is 104 Å². The molecule has 0 saturated heterocycles. The minimum Gasteiger partial charge on any atom is -0.354 e. The van der Waals surface area contributed by atoms with E-state index < -0.39 is 6.04 Å². The fraction of sp³-hybridized carbons (Fsp3) is 0.310. The molecule has 0 aliphatic heterocycles. The maximum Gasteiger partial charge on any atom is 0.243 e. The average Bonchev–Trinajstić information content (AvgIpc) is 2.88. The molecule has 0 radical (unpaired) electrons. The Hall–Kier alpha value is -1.89. The Labute approximate surface area is 249 Å². The van der Waals surface area contributed by atoms with Gasteiger partial charge in [-0.05, 0) is 46.9 Å². The third-order valence-electron chi connectivity index (χ3n) is 5.79. The van der Waals surface area contributed by atoms with Crippen LogP contribution < -0.4 is 5.32 Å². The molecule has 4 nitrogen and oxygen atoms in total. The van der Waals surface area contributed by atoms with E-state index in [9.17, 15) is 9.59 Å². The van der Waals surface area contributed by atoms with E-state index in [1.807, 2.05) is 56.3 Å². The highest BCUT2D eigenvalue weighted by molar-refractivity contribution is 7.99. The van der Waals surface area contributed by atoms with Crippen molar-refractivity contribution >= 4 is 70.0 Å². The number of carbonyl (C=O) groups is 2. The first-order valence-corrected chi connectivity index (χ1v) is 14.9. The highest BCUT2D eigenvalue weighted by Gasteiger charge is 2.30.